The smallest absolute Gasteiger partial charge is 0.201 e. The highest BCUT2D eigenvalue weighted by molar-refractivity contribution is 6.31. The number of carbonyl (C=O) groups excluding carboxylic acids is 3. The summed E-state index contributed by atoms with van der Waals surface area (Å²) in [5.74, 6) is -1.66. The van der Waals surface area contributed by atoms with Crippen LogP contribution in [0.3, 0.4) is 0 Å². The van der Waals surface area contributed by atoms with E-state index >= 15 is 0 Å². The highest BCUT2D eigenvalue weighted by atomic mass is 35.5. The molecule has 1 heterocycles. The van der Waals surface area contributed by atoms with Crippen LogP contribution in [0, 0.1) is 12.7 Å². The Balaban J connectivity index is 0.000000186. The Hall–Kier alpha value is -4.37. The van der Waals surface area contributed by atoms with E-state index < -0.39 is 11.4 Å². The number of piperidine rings is 1. The number of ketones is 3. The molecule has 2 aliphatic rings. The number of phenols is 2. The second-order valence-corrected chi connectivity index (χ2v) is 11.9. The molecule has 232 valence electrons. The number of benzene rings is 4. The largest absolute Gasteiger partial charge is 0.507 e. The minimum absolute atomic E-state index is 0.0374. The second kappa shape index (κ2) is 13.3. The normalized spacial score (nSPS) is 15.5. The lowest BCUT2D eigenvalue weighted by molar-refractivity contribution is -0.0260. The number of aryl methyl sites for hydroxylation is 1. The van der Waals surface area contributed by atoms with Crippen molar-refractivity contribution < 1.29 is 34.1 Å². The van der Waals surface area contributed by atoms with Crippen LogP contribution in [0.2, 0.25) is 5.02 Å². The van der Waals surface area contributed by atoms with Crippen molar-refractivity contribution in [2.45, 2.75) is 38.2 Å². The van der Waals surface area contributed by atoms with E-state index in [0.717, 1.165) is 31.6 Å². The lowest BCUT2D eigenvalue weighted by atomic mass is 9.82. The van der Waals surface area contributed by atoms with Gasteiger partial charge in [0.25, 0.3) is 0 Å². The number of hydrogen-bond donors (Lipinski definition) is 3. The molecule has 45 heavy (non-hydrogen) atoms. The van der Waals surface area contributed by atoms with Gasteiger partial charge in [0.1, 0.15) is 17.3 Å². The minimum atomic E-state index is -0.801. The minimum Gasteiger partial charge on any atom is -0.507 e. The summed E-state index contributed by atoms with van der Waals surface area (Å²) in [7, 11) is 0. The Bertz CT molecular complexity index is 1750. The van der Waals surface area contributed by atoms with Gasteiger partial charge in [0, 0.05) is 41.2 Å². The van der Waals surface area contributed by atoms with Gasteiger partial charge in [0.2, 0.25) is 5.78 Å². The van der Waals surface area contributed by atoms with Crippen LogP contribution in [0.1, 0.15) is 79.0 Å². The van der Waals surface area contributed by atoms with E-state index in [1.54, 1.807) is 13.0 Å². The van der Waals surface area contributed by atoms with Crippen LogP contribution in [0.25, 0.3) is 0 Å². The summed E-state index contributed by atoms with van der Waals surface area (Å²) in [6.45, 7) is 4.15. The Morgan fingerprint density at radius 2 is 1.51 bits per heavy atom. The summed E-state index contributed by atoms with van der Waals surface area (Å²) < 4.78 is 12.9. The first kappa shape index (κ1) is 32.0. The maximum absolute atomic E-state index is 12.9. The second-order valence-electron chi connectivity index (χ2n) is 11.5. The van der Waals surface area contributed by atoms with Gasteiger partial charge in [-0.3, -0.25) is 14.4 Å². The molecule has 0 saturated carbocycles. The highest BCUT2D eigenvalue weighted by Gasteiger charge is 2.35. The SMILES string of the molecule is Cc1cc(O)c2c(c1)C(=O)c1cccc(O)c1C2=O.O=C(CCCN1CCC(O)(c2ccc(Cl)cc2)CC1)c1ccc(F)cc1. The Morgan fingerprint density at radius 1 is 0.867 bits per heavy atom. The van der Waals surface area contributed by atoms with Gasteiger partial charge in [-0.1, -0.05) is 35.9 Å². The van der Waals surface area contributed by atoms with Crippen LogP contribution in [-0.4, -0.2) is 57.2 Å². The summed E-state index contributed by atoms with van der Waals surface area (Å²) in [6.07, 6.45) is 2.54. The topological polar surface area (TPSA) is 115 Å². The third-order valence-electron chi connectivity index (χ3n) is 8.36. The lowest BCUT2D eigenvalue weighted by Crippen LogP contribution is -2.42. The van der Waals surface area contributed by atoms with Crippen molar-refractivity contribution in [2.24, 2.45) is 0 Å². The number of rotatable bonds is 6. The van der Waals surface area contributed by atoms with Gasteiger partial charge < -0.3 is 20.2 Å². The van der Waals surface area contributed by atoms with E-state index in [2.05, 4.69) is 4.90 Å². The van der Waals surface area contributed by atoms with E-state index in [9.17, 15) is 34.1 Å². The van der Waals surface area contributed by atoms with Crippen molar-refractivity contribution in [3.8, 4) is 11.5 Å². The number of hydrogen-bond acceptors (Lipinski definition) is 7. The zero-order valence-electron chi connectivity index (χ0n) is 24.7. The van der Waals surface area contributed by atoms with Crippen LogP contribution >= 0.6 is 11.6 Å². The summed E-state index contributed by atoms with van der Waals surface area (Å²) in [6, 6.07) is 20.4. The molecule has 9 heteroatoms. The number of halogens is 2. The molecular formula is C36H33ClFNO6. The molecule has 0 spiro atoms. The molecule has 4 aromatic rings. The van der Waals surface area contributed by atoms with E-state index in [1.165, 1.54) is 48.5 Å². The maximum atomic E-state index is 12.9. The zero-order chi connectivity index (χ0) is 32.3. The molecular weight excluding hydrogens is 597 g/mol. The fourth-order valence-electron chi connectivity index (χ4n) is 5.86. The van der Waals surface area contributed by atoms with Gasteiger partial charge in [-0.25, -0.2) is 4.39 Å². The third kappa shape index (κ3) is 6.99. The van der Waals surface area contributed by atoms with Crippen molar-refractivity contribution in [3.05, 3.63) is 129 Å². The molecule has 0 radical (unpaired) electrons. The fraction of sp³-hybridized carbons (Fsp3) is 0.250. The number of fused-ring (bicyclic) bond motifs is 2. The molecule has 1 aliphatic carbocycles. The first-order chi connectivity index (χ1) is 21.5. The molecule has 6 rings (SSSR count). The number of phenolic OH excluding ortho intramolecular Hbond substituents is 2. The van der Waals surface area contributed by atoms with Crippen LogP contribution in [0.4, 0.5) is 4.39 Å². The summed E-state index contributed by atoms with van der Waals surface area (Å²) in [4.78, 5) is 39.1. The molecule has 3 N–H and O–H groups in total. The Morgan fingerprint density at radius 3 is 2.18 bits per heavy atom. The predicted octanol–water partition coefficient (Wildman–Crippen LogP) is 6.61. The number of likely N-dealkylation sites (tertiary alicyclic amines) is 1. The van der Waals surface area contributed by atoms with Gasteiger partial charge in [-0.05, 0) is 98.5 Å². The maximum Gasteiger partial charge on any atom is 0.201 e. The number of aliphatic hydroxyl groups is 1. The number of nitrogens with zero attached hydrogens (tertiary/aromatic N) is 1. The molecule has 0 atom stereocenters. The number of aromatic hydroxyl groups is 2. The summed E-state index contributed by atoms with van der Waals surface area (Å²) >= 11 is 5.92. The van der Waals surface area contributed by atoms with E-state index in [0.29, 0.717) is 35.4 Å². The average Bonchev–Trinajstić information content (AvgIpc) is 3.01. The van der Waals surface area contributed by atoms with Crippen molar-refractivity contribution in [2.75, 3.05) is 19.6 Å². The lowest BCUT2D eigenvalue weighted by Gasteiger charge is -2.38. The molecule has 4 aromatic carbocycles. The summed E-state index contributed by atoms with van der Waals surface area (Å²) in [5.41, 5.74) is 1.63. The highest BCUT2D eigenvalue weighted by Crippen LogP contribution is 2.37. The van der Waals surface area contributed by atoms with Crippen LogP contribution in [0.5, 0.6) is 11.5 Å². The Kier molecular flexibility index (Phi) is 9.48. The fourth-order valence-corrected chi connectivity index (χ4v) is 5.99. The molecule has 0 bridgehead atoms. The molecule has 7 nitrogen and oxygen atoms in total. The summed E-state index contributed by atoms with van der Waals surface area (Å²) in [5, 5.41) is 31.2. The van der Waals surface area contributed by atoms with Gasteiger partial charge in [0.05, 0.1) is 16.7 Å². The van der Waals surface area contributed by atoms with Crippen molar-refractivity contribution in [1.82, 2.24) is 4.90 Å². The first-order valence-corrected chi connectivity index (χ1v) is 15.1. The van der Waals surface area contributed by atoms with E-state index in [1.807, 2.05) is 24.3 Å². The standard InChI is InChI=1S/C21H23ClFNO2.C15H10O4/c22-18-7-5-17(6-8-18)21(26)11-14-24(15-12-21)13-1-2-20(25)16-3-9-19(23)10-4-16;1-7-5-9-13(11(17)6-7)15(19)12-8(14(9)18)3-2-4-10(12)16/h3-10,26H,1-2,11-15H2;2-6,16-17H,1H3. The molecule has 0 amide bonds. The quantitative estimate of drug-likeness (QED) is 0.181. The number of Topliss-reactive ketones (excluding diaryl/α,β-unsaturated/α-hetero) is 1. The predicted molar refractivity (Wildman–Crippen MR) is 169 cm³/mol. The molecule has 1 saturated heterocycles. The van der Waals surface area contributed by atoms with Crippen LogP contribution < -0.4 is 0 Å². The van der Waals surface area contributed by atoms with E-state index in [4.69, 9.17) is 11.6 Å². The molecule has 1 aliphatic heterocycles. The average molecular weight is 630 g/mol. The van der Waals surface area contributed by atoms with Gasteiger partial charge in [0.15, 0.2) is 11.6 Å². The van der Waals surface area contributed by atoms with Crippen LogP contribution in [0.15, 0.2) is 78.9 Å². The van der Waals surface area contributed by atoms with Gasteiger partial charge in [-0.15, -0.1) is 0 Å². The van der Waals surface area contributed by atoms with Gasteiger partial charge in [-0.2, -0.15) is 0 Å². The Labute approximate surface area is 265 Å². The van der Waals surface area contributed by atoms with E-state index in [-0.39, 0.29) is 51.1 Å². The van der Waals surface area contributed by atoms with Crippen LogP contribution in [-0.2, 0) is 5.60 Å². The monoisotopic (exact) mass is 629 g/mol. The van der Waals surface area contributed by atoms with Gasteiger partial charge >= 0.3 is 0 Å². The van der Waals surface area contributed by atoms with Crippen molar-refractivity contribution in [3.63, 3.8) is 0 Å². The first-order valence-electron chi connectivity index (χ1n) is 14.7. The molecule has 1 fully saturated rings. The molecule has 0 unspecified atom stereocenters. The zero-order valence-corrected chi connectivity index (χ0v) is 25.5. The molecule has 0 aromatic heterocycles. The number of carbonyl (C=O) groups is 3. The third-order valence-corrected chi connectivity index (χ3v) is 8.61. The van der Waals surface area contributed by atoms with Crippen molar-refractivity contribution >= 4 is 29.0 Å². The van der Waals surface area contributed by atoms with Crippen molar-refractivity contribution in [1.29, 1.82) is 0 Å².